The van der Waals surface area contributed by atoms with E-state index in [1.165, 1.54) is 38.0 Å². The van der Waals surface area contributed by atoms with Gasteiger partial charge in [-0.1, -0.05) is 36.8 Å². The Bertz CT molecular complexity index is 520. The predicted molar refractivity (Wildman–Crippen MR) is 79.6 cm³/mol. The fourth-order valence-corrected chi connectivity index (χ4v) is 4.34. The number of para-hydroxylation sites is 1. The lowest BCUT2D eigenvalue weighted by Crippen LogP contribution is -2.55. The molecule has 1 aromatic rings. The normalized spacial score (nSPS) is 32.9. The molecule has 1 N–H and O–H groups in total. The maximum atomic E-state index is 3.82. The van der Waals surface area contributed by atoms with E-state index in [4.69, 9.17) is 0 Å². The number of nitrogens with zero attached hydrogens (tertiary/aromatic N) is 1. The molecule has 1 fully saturated rings. The molecule has 0 aliphatic carbocycles. The first-order valence-corrected chi connectivity index (χ1v) is 7.67. The first kappa shape index (κ1) is 11.5. The molecule has 3 heterocycles. The molecule has 3 aliphatic heterocycles. The highest BCUT2D eigenvalue weighted by atomic mass is 15.2. The van der Waals surface area contributed by atoms with E-state index in [0.717, 1.165) is 0 Å². The summed E-state index contributed by atoms with van der Waals surface area (Å²) in [6.07, 6.45) is 6.24. The summed E-state index contributed by atoms with van der Waals surface area (Å²) in [6.45, 7) is 4.82. The van der Waals surface area contributed by atoms with Crippen LogP contribution in [0, 0.1) is 0 Å². The average molecular weight is 254 g/mol. The second kappa shape index (κ2) is 4.38. The topological polar surface area (TPSA) is 15.3 Å². The fourth-order valence-electron chi connectivity index (χ4n) is 4.34. The molecule has 3 unspecified atom stereocenters. The highest BCUT2D eigenvalue weighted by Crippen LogP contribution is 2.45. The maximum Gasteiger partial charge on any atom is 0.0525 e. The molecule has 0 saturated carbocycles. The standard InChI is InChI=1S/C17H22N2/c1-2-12-6-5-10-19-11-9-14-13-7-3-4-8-15(13)18-16(14)17(12)19/h3-4,6-8,14,16-18H,2,5,9-11H2,1H3. The van der Waals surface area contributed by atoms with E-state index in [9.17, 15) is 0 Å². The molecule has 2 nitrogen and oxygen atoms in total. The Hall–Kier alpha value is -1.28. The molecule has 0 radical (unpaired) electrons. The van der Waals surface area contributed by atoms with Crippen LogP contribution in [0.5, 0.6) is 0 Å². The summed E-state index contributed by atoms with van der Waals surface area (Å²) in [5.41, 5.74) is 4.58. The van der Waals surface area contributed by atoms with Crippen molar-refractivity contribution in [3.8, 4) is 0 Å². The van der Waals surface area contributed by atoms with Crippen LogP contribution in [-0.2, 0) is 0 Å². The fraction of sp³-hybridized carbons (Fsp3) is 0.529. The Kier molecular flexibility index (Phi) is 2.66. The van der Waals surface area contributed by atoms with Crippen molar-refractivity contribution < 1.29 is 0 Å². The van der Waals surface area contributed by atoms with Crippen molar-refractivity contribution in [2.45, 2.75) is 44.2 Å². The molecular weight excluding hydrogens is 232 g/mol. The number of benzene rings is 1. The Morgan fingerprint density at radius 1 is 1.26 bits per heavy atom. The van der Waals surface area contributed by atoms with Gasteiger partial charge in [0, 0.05) is 18.2 Å². The van der Waals surface area contributed by atoms with Crippen LogP contribution in [0.3, 0.4) is 0 Å². The predicted octanol–water partition coefficient (Wildman–Crippen LogP) is 3.38. The third-order valence-electron chi connectivity index (χ3n) is 5.19. The van der Waals surface area contributed by atoms with Crippen molar-refractivity contribution in [1.29, 1.82) is 0 Å². The van der Waals surface area contributed by atoms with E-state index in [1.807, 2.05) is 0 Å². The Balaban J connectivity index is 1.72. The van der Waals surface area contributed by atoms with Crippen molar-refractivity contribution in [3.63, 3.8) is 0 Å². The number of rotatable bonds is 1. The van der Waals surface area contributed by atoms with Gasteiger partial charge in [0.15, 0.2) is 0 Å². The van der Waals surface area contributed by atoms with Gasteiger partial charge in [-0.2, -0.15) is 0 Å². The number of fused-ring (bicyclic) bond motifs is 5. The number of hydrogen-bond donors (Lipinski definition) is 1. The van der Waals surface area contributed by atoms with E-state index in [0.29, 0.717) is 18.0 Å². The van der Waals surface area contributed by atoms with Crippen LogP contribution < -0.4 is 5.32 Å². The molecule has 0 bridgehead atoms. The lowest BCUT2D eigenvalue weighted by molar-refractivity contribution is 0.140. The summed E-state index contributed by atoms with van der Waals surface area (Å²) >= 11 is 0. The van der Waals surface area contributed by atoms with Crippen LogP contribution in [0.15, 0.2) is 35.9 Å². The quantitative estimate of drug-likeness (QED) is 0.773. The van der Waals surface area contributed by atoms with Crippen molar-refractivity contribution in [1.82, 2.24) is 4.90 Å². The van der Waals surface area contributed by atoms with Crippen LogP contribution in [-0.4, -0.2) is 30.1 Å². The zero-order chi connectivity index (χ0) is 12.8. The van der Waals surface area contributed by atoms with Crippen molar-refractivity contribution in [2.24, 2.45) is 0 Å². The minimum Gasteiger partial charge on any atom is -0.380 e. The van der Waals surface area contributed by atoms with Gasteiger partial charge in [-0.05, 0) is 37.4 Å². The molecule has 100 valence electrons. The largest absolute Gasteiger partial charge is 0.380 e. The lowest BCUT2D eigenvalue weighted by Gasteiger charge is -2.46. The van der Waals surface area contributed by atoms with Gasteiger partial charge in [0.05, 0.1) is 12.1 Å². The van der Waals surface area contributed by atoms with E-state index in [1.54, 1.807) is 11.1 Å². The van der Waals surface area contributed by atoms with Crippen LogP contribution >= 0.6 is 0 Å². The molecule has 3 atom stereocenters. The van der Waals surface area contributed by atoms with Gasteiger partial charge in [0.25, 0.3) is 0 Å². The molecule has 1 saturated heterocycles. The molecule has 0 aromatic heterocycles. The average Bonchev–Trinajstić information content (AvgIpc) is 2.85. The van der Waals surface area contributed by atoms with Crippen LogP contribution in [0.4, 0.5) is 5.69 Å². The zero-order valence-corrected chi connectivity index (χ0v) is 11.6. The number of piperidine rings is 1. The van der Waals surface area contributed by atoms with Gasteiger partial charge < -0.3 is 5.32 Å². The minimum atomic E-state index is 0.595. The van der Waals surface area contributed by atoms with Gasteiger partial charge >= 0.3 is 0 Å². The van der Waals surface area contributed by atoms with Crippen molar-refractivity contribution in [3.05, 3.63) is 41.5 Å². The van der Waals surface area contributed by atoms with Crippen LogP contribution in [0.2, 0.25) is 0 Å². The van der Waals surface area contributed by atoms with Gasteiger partial charge in [-0.25, -0.2) is 0 Å². The summed E-state index contributed by atoms with van der Waals surface area (Å²) in [5.74, 6) is 0.713. The van der Waals surface area contributed by atoms with Crippen molar-refractivity contribution in [2.75, 3.05) is 18.4 Å². The third kappa shape index (κ3) is 1.66. The smallest absolute Gasteiger partial charge is 0.0525 e. The highest BCUT2D eigenvalue weighted by Gasteiger charge is 2.44. The third-order valence-corrected chi connectivity index (χ3v) is 5.19. The van der Waals surface area contributed by atoms with Crippen molar-refractivity contribution >= 4 is 5.69 Å². The van der Waals surface area contributed by atoms with Gasteiger partial charge in [0.1, 0.15) is 0 Å². The maximum absolute atomic E-state index is 3.82. The second-order valence-corrected chi connectivity index (χ2v) is 6.05. The summed E-state index contributed by atoms with van der Waals surface area (Å²) in [7, 11) is 0. The van der Waals surface area contributed by atoms with E-state index >= 15 is 0 Å². The zero-order valence-electron chi connectivity index (χ0n) is 11.6. The van der Waals surface area contributed by atoms with Gasteiger partial charge in [-0.3, -0.25) is 4.90 Å². The highest BCUT2D eigenvalue weighted by molar-refractivity contribution is 5.60. The Morgan fingerprint density at radius 3 is 3.05 bits per heavy atom. The van der Waals surface area contributed by atoms with Crippen LogP contribution in [0.1, 0.15) is 37.7 Å². The summed E-state index contributed by atoms with van der Waals surface area (Å²) in [6, 6.07) is 10.1. The second-order valence-electron chi connectivity index (χ2n) is 6.05. The van der Waals surface area contributed by atoms with E-state index in [-0.39, 0.29) is 0 Å². The molecule has 3 aliphatic rings. The number of anilines is 1. The Morgan fingerprint density at radius 2 is 2.16 bits per heavy atom. The molecule has 2 heteroatoms. The lowest BCUT2D eigenvalue weighted by atomic mass is 9.78. The number of nitrogens with one attached hydrogen (secondary N) is 1. The monoisotopic (exact) mass is 254 g/mol. The first-order valence-electron chi connectivity index (χ1n) is 7.67. The molecule has 1 aromatic carbocycles. The van der Waals surface area contributed by atoms with E-state index in [2.05, 4.69) is 47.5 Å². The van der Waals surface area contributed by atoms with Gasteiger partial charge in [0.2, 0.25) is 0 Å². The van der Waals surface area contributed by atoms with Crippen LogP contribution in [0.25, 0.3) is 0 Å². The first-order chi connectivity index (χ1) is 9.38. The van der Waals surface area contributed by atoms with Gasteiger partial charge in [-0.15, -0.1) is 0 Å². The summed E-state index contributed by atoms with van der Waals surface area (Å²) in [5, 5.41) is 3.82. The minimum absolute atomic E-state index is 0.595. The number of hydrogen-bond acceptors (Lipinski definition) is 2. The molecule has 19 heavy (non-hydrogen) atoms. The molecule has 0 amide bonds. The Labute approximate surface area is 115 Å². The summed E-state index contributed by atoms with van der Waals surface area (Å²) in [4.78, 5) is 2.71. The molecular formula is C17H22N2. The molecule has 0 spiro atoms. The summed E-state index contributed by atoms with van der Waals surface area (Å²) < 4.78 is 0. The van der Waals surface area contributed by atoms with E-state index < -0.39 is 0 Å². The molecule has 4 rings (SSSR count). The SMILES string of the molecule is CCC1=CCCN2CCC3c4ccccc4NC3C12.